The third-order valence-corrected chi connectivity index (χ3v) is 1.67. The first-order valence-corrected chi connectivity index (χ1v) is 5.14. The van der Waals surface area contributed by atoms with Gasteiger partial charge >= 0.3 is 10.1 Å². The van der Waals surface area contributed by atoms with Crippen molar-refractivity contribution < 1.29 is 12.6 Å². The fourth-order valence-electron chi connectivity index (χ4n) is 0.740. The van der Waals surface area contributed by atoms with Crippen LogP contribution in [0.2, 0.25) is 0 Å². The van der Waals surface area contributed by atoms with Gasteiger partial charge in [0.2, 0.25) is 0 Å². The van der Waals surface area contributed by atoms with Crippen LogP contribution in [0.25, 0.3) is 0 Å². The Morgan fingerprint density at radius 1 is 1.62 bits per heavy atom. The number of nitrogens with zero attached hydrogens (tertiary/aromatic N) is 1. The molecule has 4 nitrogen and oxygen atoms in total. The van der Waals surface area contributed by atoms with E-state index in [0.29, 0.717) is 0 Å². The summed E-state index contributed by atoms with van der Waals surface area (Å²) in [5.74, 6) is 0.00694. The molecule has 0 amide bonds. The SMILES string of the molecule is CS(=O)(=O)Oc1c[c]ccc1C#N. The van der Waals surface area contributed by atoms with Crippen LogP contribution in [-0.2, 0) is 10.1 Å². The topological polar surface area (TPSA) is 67.2 Å². The zero-order valence-corrected chi connectivity index (χ0v) is 7.63. The third kappa shape index (κ3) is 2.76. The fourth-order valence-corrected chi connectivity index (χ4v) is 1.20. The van der Waals surface area contributed by atoms with E-state index in [1.807, 2.05) is 6.07 Å². The predicted octanol–water partition coefficient (Wildman–Crippen LogP) is 0.697. The van der Waals surface area contributed by atoms with Gasteiger partial charge in [0, 0.05) is 0 Å². The van der Waals surface area contributed by atoms with E-state index in [1.54, 1.807) is 0 Å². The molecule has 1 rings (SSSR count). The molecule has 5 heteroatoms. The van der Waals surface area contributed by atoms with Gasteiger partial charge in [-0.15, -0.1) is 0 Å². The van der Waals surface area contributed by atoms with Gasteiger partial charge in [-0.1, -0.05) is 6.07 Å². The van der Waals surface area contributed by atoms with Crippen molar-refractivity contribution in [3.8, 4) is 11.8 Å². The van der Waals surface area contributed by atoms with E-state index in [0.717, 1.165) is 6.26 Å². The van der Waals surface area contributed by atoms with Gasteiger partial charge in [0.25, 0.3) is 0 Å². The zero-order valence-electron chi connectivity index (χ0n) is 6.81. The van der Waals surface area contributed by atoms with Crippen molar-refractivity contribution in [3.63, 3.8) is 0 Å². The van der Waals surface area contributed by atoms with Gasteiger partial charge in [0.05, 0.1) is 11.8 Å². The van der Waals surface area contributed by atoms with E-state index in [4.69, 9.17) is 5.26 Å². The monoisotopic (exact) mass is 196 g/mol. The van der Waals surface area contributed by atoms with Crippen molar-refractivity contribution in [1.82, 2.24) is 0 Å². The van der Waals surface area contributed by atoms with Gasteiger partial charge < -0.3 is 4.18 Å². The Kier molecular flexibility index (Phi) is 2.54. The van der Waals surface area contributed by atoms with Gasteiger partial charge in [0.1, 0.15) is 6.07 Å². The summed E-state index contributed by atoms with van der Waals surface area (Å²) >= 11 is 0. The molecule has 0 heterocycles. The molecular weight excluding hydrogens is 190 g/mol. The second kappa shape index (κ2) is 3.46. The van der Waals surface area contributed by atoms with Crippen molar-refractivity contribution in [2.45, 2.75) is 0 Å². The highest BCUT2D eigenvalue weighted by Crippen LogP contribution is 2.17. The van der Waals surface area contributed by atoms with Gasteiger partial charge in [0.15, 0.2) is 5.75 Å². The standard InChI is InChI=1S/C8H6NO3S/c1-13(10,11)12-8-5-3-2-4-7(8)6-9/h2,4-5H,1H3. The minimum Gasteiger partial charge on any atom is -0.381 e. The average molecular weight is 196 g/mol. The lowest BCUT2D eigenvalue weighted by Gasteiger charge is -2.02. The maximum Gasteiger partial charge on any atom is 0.306 e. The van der Waals surface area contributed by atoms with Gasteiger partial charge in [-0.3, -0.25) is 0 Å². The van der Waals surface area contributed by atoms with Crippen LogP contribution in [0.3, 0.4) is 0 Å². The van der Waals surface area contributed by atoms with Crippen LogP contribution >= 0.6 is 0 Å². The first-order valence-electron chi connectivity index (χ1n) is 3.32. The summed E-state index contributed by atoms with van der Waals surface area (Å²) in [6, 6.07) is 8.67. The molecule has 0 aromatic heterocycles. The molecule has 1 aromatic rings. The smallest absolute Gasteiger partial charge is 0.306 e. The molecule has 0 saturated carbocycles. The summed E-state index contributed by atoms with van der Waals surface area (Å²) in [6.45, 7) is 0. The van der Waals surface area contributed by atoms with Gasteiger partial charge in [-0.05, 0) is 18.2 Å². The van der Waals surface area contributed by atoms with Crippen molar-refractivity contribution in [3.05, 3.63) is 29.8 Å². The van der Waals surface area contributed by atoms with E-state index in [-0.39, 0.29) is 11.3 Å². The van der Waals surface area contributed by atoms with Crippen molar-refractivity contribution in [2.75, 3.05) is 6.26 Å². The Bertz CT molecular complexity index is 445. The lowest BCUT2D eigenvalue weighted by molar-refractivity contribution is 0.492. The minimum atomic E-state index is -3.58. The van der Waals surface area contributed by atoms with Crippen LogP contribution in [0.1, 0.15) is 5.56 Å². The number of hydrogen-bond acceptors (Lipinski definition) is 4. The van der Waals surface area contributed by atoms with E-state index in [1.165, 1.54) is 18.2 Å². The average Bonchev–Trinajstić information content (AvgIpc) is 2.02. The lowest BCUT2D eigenvalue weighted by Crippen LogP contribution is -2.06. The maximum atomic E-state index is 10.7. The first-order chi connectivity index (χ1) is 6.03. The van der Waals surface area contributed by atoms with Crippen molar-refractivity contribution in [2.24, 2.45) is 0 Å². The molecular formula is C8H6NO3S. The summed E-state index contributed by atoms with van der Waals surface area (Å²) in [7, 11) is -3.58. The van der Waals surface area contributed by atoms with Crippen LogP contribution in [0.5, 0.6) is 5.75 Å². The molecule has 0 N–H and O–H groups in total. The third-order valence-electron chi connectivity index (χ3n) is 1.19. The van der Waals surface area contributed by atoms with Gasteiger partial charge in [-0.25, -0.2) is 0 Å². The molecule has 0 aliphatic carbocycles. The molecule has 1 radical (unpaired) electrons. The molecule has 67 valence electrons. The summed E-state index contributed by atoms with van der Waals surface area (Å²) in [5, 5.41) is 8.58. The zero-order chi connectivity index (χ0) is 9.90. The van der Waals surface area contributed by atoms with Crippen LogP contribution < -0.4 is 4.18 Å². The molecule has 0 atom stereocenters. The quantitative estimate of drug-likeness (QED) is 0.653. The normalized spacial score (nSPS) is 10.5. The Hall–Kier alpha value is -1.54. The van der Waals surface area contributed by atoms with E-state index in [9.17, 15) is 8.42 Å². The minimum absolute atomic E-state index is 0.00694. The van der Waals surface area contributed by atoms with Crippen LogP contribution in [0, 0.1) is 17.4 Å². The molecule has 13 heavy (non-hydrogen) atoms. The van der Waals surface area contributed by atoms with Gasteiger partial charge in [-0.2, -0.15) is 13.7 Å². The maximum absolute atomic E-state index is 10.7. The predicted molar refractivity (Wildman–Crippen MR) is 45.5 cm³/mol. The molecule has 0 unspecified atom stereocenters. The van der Waals surface area contributed by atoms with Crippen LogP contribution in [0.15, 0.2) is 18.2 Å². The highest BCUT2D eigenvalue weighted by atomic mass is 32.2. The largest absolute Gasteiger partial charge is 0.381 e. The Balaban J connectivity index is 3.10. The van der Waals surface area contributed by atoms with E-state index >= 15 is 0 Å². The van der Waals surface area contributed by atoms with Crippen molar-refractivity contribution in [1.29, 1.82) is 5.26 Å². The Morgan fingerprint density at radius 3 is 2.85 bits per heavy atom. The molecule has 0 saturated heterocycles. The summed E-state index contributed by atoms with van der Waals surface area (Å²) in [5.41, 5.74) is 0.171. The summed E-state index contributed by atoms with van der Waals surface area (Å²) < 4.78 is 26.0. The lowest BCUT2D eigenvalue weighted by atomic mass is 10.2. The summed E-state index contributed by atoms with van der Waals surface area (Å²) in [4.78, 5) is 0. The number of benzene rings is 1. The molecule has 0 aliphatic rings. The molecule has 0 aliphatic heterocycles. The van der Waals surface area contributed by atoms with Crippen molar-refractivity contribution >= 4 is 10.1 Å². The highest BCUT2D eigenvalue weighted by Gasteiger charge is 2.08. The molecule has 0 bridgehead atoms. The van der Waals surface area contributed by atoms with Crippen LogP contribution in [-0.4, -0.2) is 14.7 Å². The second-order valence-corrected chi connectivity index (χ2v) is 3.90. The van der Waals surface area contributed by atoms with E-state index < -0.39 is 10.1 Å². The molecule has 0 spiro atoms. The number of nitriles is 1. The Morgan fingerprint density at radius 2 is 2.31 bits per heavy atom. The Labute approximate surface area is 76.5 Å². The molecule has 1 aromatic carbocycles. The fraction of sp³-hybridized carbons (Fsp3) is 0.125. The van der Waals surface area contributed by atoms with Crippen LogP contribution in [0.4, 0.5) is 0 Å². The summed E-state index contributed by atoms with van der Waals surface area (Å²) in [6.07, 6.45) is 0.918. The first kappa shape index (κ1) is 9.55. The second-order valence-electron chi connectivity index (χ2n) is 2.32. The number of hydrogen-bond donors (Lipinski definition) is 0. The molecule has 0 fully saturated rings. The van der Waals surface area contributed by atoms with E-state index in [2.05, 4.69) is 10.2 Å². The highest BCUT2D eigenvalue weighted by molar-refractivity contribution is 7.86. The number of rotatable bonds is 2.